The van der Waals surface area contributed by atoms with Gasteiger partial charge in [0.25, 0.3) is 0 Å². The van der Waals surface area contributed by atoms with E-state index in [1.165, 1.54) is 4.90 Å². The maximum atomic E-state index is 14.1. The summed E-state index contributed by atoms with van der Waals surface area (Å²) >= 11 is 1.57. The van der Waals surface area contributed by atoms with Crippen molar-refractivity contribution in [2.45, 2.75) is 109 Å². The van der Waals surface area contributed by atoms with Gasteiger partial charge in [0.2, 0.25) is 23.6 Å². The molecule has 1 saturated carbocycles. The highest BCUT2D eigenvalue weighted by Gasteiger charge is 2.44. The molecule has 2 fully saturated rings. The van der Waals surface area contributed by atoms with E-state index in [2.05, 4.69) is 56.3 Å². The van der Waals surface area contributed by atoms with Crippen molar-refractivity contribution in [3.8, 4) is 38.8 Å². The first-order valence-electron chi connectivity index (χ1n) is 25.0. The Labute approximate surface area is 429 Å². The number of amides is 4. The molecule has 17 heteroatoms. The van der Waals surface area contributed by atoms with Gasteiger partial charge < -0.3 is 37.4 Å². The molecule has 73 heavy (non-hydrogen) atoms. The highest BCUT2D eigenvalue weighted by molar-refractivity contribution is 7.13. The lowest BCUT2D eigenvalue weighted by Gasteiger charge is -2.38. The van der Waals surface area contributed by atoms with Crippen LogP contribution in [0.2, 0.25) is 0 Å². The Hall–Kier alpha value is -7.34. The van der Waals surface area contributed by atoms with Gasteiger partial charge in [0.05, 0.1) is 33.4 Å². The van der Waals surface area contributed by atoms with Crippen LogP contribution >= 0.6 is 11.3 Å². The number of imidazole rings is 1. The summed E-state index contributed by atoms with van der Waals surface area (Å²) in [6, 6.07) is 30.0. The van der Waals surface area contributed by atoms with Crippen LogP contribution in [-0.4, -0.2) is 89.4 Å². The molecular weight excluding hydrogens is 939 g/mol. The maximum absolute atomic E-state index is 14.1. The van der Waals surface area contributed by atoms with E-state index in [-0.39, 0.29) is 62.0 Å². The number of rotatable bonds is 17. The van der Waals surface area contributed by atoms with Gasteiger partial charge in [0, 0.05) is 61.9 Å². The van der Waals surface area contributed by atoms with Gasteiger partial charge in [0.15, 0.2) is 11.5 Å². The second-order valence-electron chi connectivity index (χ2n) is 20.4. The zero-order valence-corrected chi connectivity index (χ0v) is 42.5. The summed E-state index contributed by atoms with van der Waals surface area (Å²) in [5.41, 5.74) is 23.5. The minimum absolute atomic E-state index is 0.0241. The molecule has 16 nitrogen and oxygen atoms in total. The number of nitrogens with one attached hydrogen (secondary N) is 3. The lowest BCUT2D eigenvalue weighted by molar-refractivity contribution is -0.144. The summed E-state index contributed by atoms with van der Waals surface area (Å²) in [5, 5.41) is 19.4. The molecular formula is C56H63N11O5S. The number of aliphatic hydroxyl groups is 1. The minimum atomic E-state index is -0.968. The Kier molecular flexibility index (Phi) is 14.8. The number of aromatic nitrogens is 5. The molecule has 0 bridgehead atoms. The summed E-state index contributed by atoms with van der Waals surface area (Å²) in [6.45, 7) is 8.10. The van der Waals surface area contributed by atoms with Crippen LogP contribution in [0.5, 0.6) is 0 Å². The van der Waals surface area contributed by atoms with E-state index in [4.69, 9.17) is 21.4 Å². The molecule has 4 amide bonds. The van der Waals surface area contributed by atoms with E-state index in [0.29, 0.717) is 41.3 Å². The normalized spacial score (nSPS) is 16.7. The summed E-state index contributed by atoms with van der Waals surface area (Å²) in [6.07, 6.45) is 4.90. The molecule has 3 aromatic carbocycles. The second kappa shape index (κ2) is 21.4. The fraction of sp³-hybridized carbons (Fsp3) is 0.357. The molecule has 0 spiro atoms. The number of nitrogens with zero attached hydrogens (tertiary/aromatic N) is 6. The summed E-state index contributed by atoms with van der Waals surface area (Å²) < 4.78 is 2.01. The number of nitrogen functional groups attached to an aromatic ring is 1. The van der Waals surface area contributed by atoms with E-state index >= 15 is 0 Å². The molecule has 1 aliphatic carbocycles. The first-order valence-corrected chi connectivity index (χ1v) is 25.8. The predicted octanol–water partition coefficient (Wildman–Crippen LogP) is 7.14. The molecule has 1 aliphatic heterocycles. The lowest BCUT2D eigenvalue weighted by atomic mass is 9.73. The number of thiazole rings is 1. The van der Waals surface area contributed by atoms with Crippen LogP contribution in [0.3, 0.4) is 0 Å². The minimum Gasteiger partial charge on any atom is -0.391 e. The van der Waals surface area contributed by atoms with Gasteiger partial charge in [-0.3, -0.25) is 23.7 Å². The third kappa shape index (κ3) is 11.3. The van der Waals surface area contributed by atoms with Crippen molar-refractivity contribution in [2.24, 2.45) is 11.1 Å². The summed E-state index contributed by atoms with van der Waals surface area (Å²) in [5.74, 6) is -0.391. The Morgan fingerprint density at radius 3 is 2.34 bits per heavy atom. The second-order valence-corrected chi connectivity index (χ2v) is 21.3. The Morgan fingerprint density at radius 1 is 0.877 bits per heavy atom. The number of pyridine rings is 2. The zero-order valence-electron chi connectivity index (χ0n) is 41.7. The molecule has 4 aromatic heterocycles. The average molecular weight is 1000 g/mol. The standard InChI is InChI=1S/C56H63N11O5S/c1-34-48(73-33-62-34)37-16-14-36(15-17-37)31-61-53(71)45-30-41(68)32-66(45)54(72)49(55(2,3)4)65-47(70)13-6-12-46(69)59-28-24-35-9-5-10-38(29-35)43-22-23-44-52(63-43)67(51(64-44)42-11-7-27-60-50(42)57)40-20-18-39(19-21-40)56(58)25-8-26-56/h5,7,9-11,14-23,27,29,33,41,45,49,68H,6,8,12-13,24-26,28,30-32,58H2,1-4H3,(H2,57,60)(H,59,69)(H,61,71)(H,65,70)/t41-,45+,49-/m1/s1. The third-order valence-electron chi connectivity index (χ3n) is 14.0. The fourth-order valence-electron chi connectivity index (χ4n) is 9.68. The third-order valence-corrected chi connectivity index (χ3v) is 15.0. The summed E-state index contributed by atoms with van der Waals surface area (Å²) in [4.78, 5) is 75.2. The summed E-state index contributed by atoms with van der Waals surface area (Å²) in [7, 11) is 0. The smallest absolute Gasteiger partial charge is 0.246 e. The van der Waals surface area contributed by atoms with Gasteiger partial charge in [-0.15, -0.1) is 11.3 Å². The van der Waals surface area contributed by atoms with E-state index in [0.717, 1.165) is 69.0 Å². The van der Waals surface area contributed by atoms with Gasteiger partial charge in [-0.2, -0.15) is 0 Å². The van der Waals surface area contributed by atoms with Crippen LogP contribution in [-0.2, 0) is 37.7 Å². The van der Waals surface area contributed by atoms with Gasteiger partial charge >= 0.3 is 0 Å². The Balaban J connectivity index is 0.776. The Bertz CT molecular complexity index is 3140. The van der Waals surface area contributed by atoms with E-state index in [1.54, 1.807) is 17.5 Å². The first-order chi connectivity index (χ1) is 35.0. The zero-order chi connectivity index (χ0) is 51.4. The average Bonchev–Trinajstić information content (AvgIpc) is 4.10. The van der Waals surface area contributed by atoms with Gasteiger partial charge in [0.1, 0.15) is 23.4 Å². The highest BCUT2D eigenvalue weighted by atomic mass is 32.1. The number of hydrogen-bond donors (Lipinski definition) is 6. The molecule has 1 saturated heterocycles. The van der Waals surface area contributed by atoms with Crippen molar-refractivity contribution in [3.63, 3.8) is 0 Å². The molecule has 0 radical (unpaired) electrons. The van der Waals surface area contributed by atoms with Crippen molar-refractivity contribution in [3.05, 3.63) is 131 Å². The van der Waals surface area contributed by atoms with Crippen LogP contribution in [0, 0.1) is 12.3 Å². The molecule has 7 aromatic rings. The SMILES string of the molecule is Cc1ncsc1-c1ccc(CNC(=O)[C@@H]2C[C@@H](O)CN2C(=O)[C@@H](NC(=O)CCCC(=O)NCCc2cccc(-c3ccc4nc(-c5cccnc5N)n(-c5ccc(C6(N)CCC6)cc5)c4n3)c2)C(C)(C)C)cc1. The van der Waals surface area contributed by atoms with Gasteiger partial charge in [-0.05, 0) is 109 Å². The van der Waals surface area contributed by atoms with Crippen LogP contribution in [0.4, 0.5) is 5.82 Å². The topological polar surface area (TPSA) is 236 Å². The van der Waals surface area contributed by atoms with Crippen molar-refractivity contribution in [1.29, 1.82) is 0 Å². The van der Waals surface area contributed by atoms with Crippen molar-refractivity contribution < 1.29 is 24.3 Å². The van der Waals surface area contributed by atoms with Crippen LogP contribution in [0.25, 0.3) is 49.9 Å². The number of nitrogens with two attached hydrogens (primary N) is 2. The highest BCUT2D eigenvalue weighted by Crippen LogP contribution is 2.40. The number of fused-ring (bicyclic) bond motifs is 1. The van der Waals surface area contributed by atoms with E-state index in [1.807, 2.05) is 105 Å². The first kappa shape index (κ1) is 50.6. The van der Waals surface area contributed by atoms with Crippen LogP contribution < -0.4 is 27.4 Å². The number of hydrogen-bond acceptors (Lipinski definition) is 12. The monoisotopic (exact) mass is 1000 g/mol. The fourth-order valence-corrected chi connectivity index (χ4v) is 10.5. The quantitative estimate of drug-likeness (QED) is 0.0536. The number of likely N-dealkylation sites (tertiary alicyclic amines) is 1. The number of carbonyl (C=O) groups excluding carboxylic acids is 4. The van der Waals surface area contributed by atoms with E-state index in [9.17, 15) is 24.3 Å². The predicted molar refractivity (Wildman–Crippen MR) is 284 cm³/mol. The molecule has 5 heterocycles. The molecule has 378 valence electrons. The molecule has 9 rings (SSSR count). The van der Waals surface area contributed by atoms with Gasteiger partial charge in [-0.1, -0.05) is 75.4 Å². The van der Waals surface area contributed by atoms with Crippen LogP contribution in [0.1, 0.15) is 88.1 Å². The number of aryl methyl sites for hydroxylation is 1. The van der Waals surface area contributed by atoms with Gasteiger partial charge in [-0.25, -0.2) is 19.9 Å². The maximum Gasteiger partial charge on any atom is 0.246 e. The van der Waals surface area contributed by atoms with Crippen molar-refractivity contribution >= 4 is 51.9 Å². The molecule has 8 N–H and O–H groups in total. The number of anilines is 1. The van der Waals surface area contributed by atoms with E-state index < -0.39 is 29.5 Å². The molecule has 0 unspecified atom stereocenters. The van der Waals surface area contributed by atoms with Crippen molar-refractivity contribution in [2.75, 3.05) is 18.8 Å². The lowest BCUT2D eigenvalue weighted by Crippen LogP contribution is -2.57. The number of benzene rings is 3. The Morgan fingerprint density at radius 2 is 1.64 bits per heavy atom. The van der Waals surface area contributed by atoms with Crippen LogP contribution in [0.15, 0.2) is 109 Å². The number of carbonyl (C=O) groups is 4. The molecule has 3 atom stereocenters. The molecule has 2 aliphatic rings. The largest absolute Gasteiger partial charge is 0.391 e. The number of aliphatic hydroxyl groups excluding tert-OH is 1. The number of β-amino-alcohol motifs (C(OH)–C–C–N with tert-alkyl or cyclic N) is 1. The van der Waals surface area contributed by atoms with Crippen molar-refractivity contribution in [1.82, 2.24) is 45.4 Å².